The minimum atomic E-state index is -0.385. The van der Waals surface area contributed by atoms with Gasteiger partial charge in [-0.3, -0.25) is 0 Å². The number of nitriles is 1. The van der Waals surface area contributed by atoms with Gasteiger partial charge in [-0.25, -0.2) is 4.79 Å². The highest BCUT2D eigenvalue weighted by molar-refractivity contribution is 5.99. The molecular weight excluding hydrogens is 376 g/mol. The van der Waals surface area contributed by atoms with Crippen LogP contribution >= 0.6 is 0 Å². The monoisotopic (exact) mass is 402 g/mol. The van der Waals surface area contributed by atoms with E-state index in [0.29, 0.717) is 12.1 Å². The van der Waals surface area contributed by atoms with E-state index in [1.807, 2.05) is 49.4 Å². The molecule has 0 radical (unpaired) electrons. The van der Waals surface area contributed by atoms with Crippen molar-refractivity contribution in [1.82, 2.24) is 10.3 Å². The molecule has 2 aromatic carbocycles. The Kier molecular flexibility index (Phi) is 5.62. The van der Waals surface area contributed by atoms with Gasteiger partial charge in [0.2, 0.25) is 0 Å². The van der Waals surface area contributed by atoms with Crippen molar-refractivity contribution in [2.24, 2.45) is 0 Å². The van der Waals surface area contributed by atoms with Crippen molar-refractivity contribution in [3.8, 4) is 6.07 Å². The van der Waals surface area contributed by atoms with Crippen molar-refractivity contribution < 1.29 is 9.53 Å². The van der Waals surface area contributed by atoms with Crippen LogP contribution in [0.25, 0.3) is 10.9 Å². The number of alkyl carbamates (subject to hydrolysis) is 1. The van der Waals surface area contributed by atoms with Gasteiger partial charge in [-0.2, -0.15) is 5.26 Å². The predicted octanol–water partition coefficient (Wildman–Crippen LogP) is 4.55. The average Bonchev–Trinajstić information content (AvgIpc) is 3.07. The van der Waals surface area contributed by atoms with E-state index in [1.165, 1.54) is 0 Å². The second kappa shape index (κ2) is 8.50. The Bertz CT molecular complexity index is 1100. The molecule has 6 nitrogen and oxygen atoms in total. The standard InChI is InChI=1S/C24H26N4O2/c1-16-17(2)26-23-19(13-25)10-11-21(22(16)23)28-12-6-9-20(14-28)27-24(29)30-15-18-7-4-3-5-8-18/h3-5,7-8,10-11,20,26H,6,9,12,14-15H2,1-2H3,(H,27,29). The third-order valence-corrected chi connectivity index (χ3v) is 5.85. The summed E-state index contributed by atoms with van der Waals surface area (Å²) in [4.78, 5) is 18.0. The molecule has 1 amide bonds. The van der Waals surface area contributed by atoms with Crippen LogP contribution in [0.2, 0.25) is 0 Å². The van der Waals surface area contributed by atoms with Gasteiger partial charge in [-0.05, 0) is 49.9 Å². The molecule has 1 fully saturated rings. The van der Waals surface area contributed by atoms with Crippen molar-refractivity contribution in [2.45, 2.75) is 39.3 Å². The zero-order chi connectivity index (χ0) is 21.1. The molecular formula is C24H26N4O2. The van der Waals surface area contributed by atoms with Crippen molar-refractivity contribution in [2.75, 3.05) is 18.0 Å². The van der Waals surface area contributed by atoms with E-state index >= 15 is 0 Å². The van der Waals surface area contributed by atoms with Gasteiger partial charge in [0.15, 0.2) is 0 Å². The average molecular weight is 402 g/mol. The molecule has 1 aliphatic rings. The molecule has 0 saturated carbocycles. The molecule has 0 aliphatic carbocycles. The number of rotatable bonds is 4. The van der Waals surface area contributed by atoms with E-state index in [-0.39, 0.29) is 18.7 Å². The lowest BCUT2D eigenvalue weighted by molar-refractivity contribution is 0.134. The van der Waals surface area contributed by atoms with Crippen LogP contribution in [0.3, 0.4) is 0 Å². The first kappa shape index (κ1) is 19.8. The number of nitrogens with zero attached hydrogens (tertiary/aromatic N) is 2. The zero-order valence-electron chi connectivity index (χ0n) is 17.4. The first-order chi connectivity index (χ1) is 14.6. The maximum Gasteiger partial charge on any atom is 0.407 e. The van der Waals surface area contributed by atoms with Gasteiger partial charge >= 0.3 is 6.09 Å². The first-order valence-corrected chi connectivity index (χ1v) is 10.3. The fourth-order valence-corrected chi connectivity index (χ4v) is 4.17. The number of anilines is 1. The number of H-pyrrole nitrogens is 1. The molecule has 1 saturated heterocycles. The van der Waals surface area contributed by atoms with Crippen molar-refractivity contribution in [3.63, 3.8) is 0 Å². The number of nitrogens with one attached hydrogen (secondary N) is 2. The van der Waals surface area contributed by atoms with E-state index in [2.05, 4.69) is 28.2 Å². The van der Waals surface area contributed by atoms with Gasteiger partial charge in [-0.15, -0.1) is 0 Å². The molecule has 1 atom stereocenters. The summed E-state index contributed by atoms with van der Waals surface area (Å²) in [6, 6.07) is 15.9. The number of hydrogen-bond acceptors (Lipinski definition) is 4. The van der Waals surface area contributed by atoms with Gasteiger partial charge in [0.1, 0.15) is 12.7 Å². The lowest BCUT2D eigenvalue weighted by Gasteiger charge is -2.35. The Morgan fingerprint density at radius 1 is 1.27 bits per heavy atom. The van der Waals surface area contributed by atoms with Gasteiger partial charge in [0.25, 0.3) is 0 Å². The van der Waals surface area contributed by atoms with Crippen LogP contribution in [0.1, 0.15) is 35.2 Å². The van der Waals surface area contributed by atoms with E-state index in [0.717, 1.165) is 52.8 Å². The first-order valence-electron chi connectivity index (χ1n) is 10.3. The minimum absolute atomic E-state index is 0.0214. The Hall–Kier alpha value is -3.46. The Morgan fingerprint density at radius 3 is 2.83 bits per heavy atom. The number of ether oxygens (including phenoxy) is 1. The summed E-state index contributed by atoms with van der Waals surface area (Å²) in [6.07, 6.45) is 1.51. The molecule has 1 aliphatic heterocycles. The summed E-state index contributed by atoms with van der Waals surface area (Å²) in [5.41, 5.74) is 5.86. The van der Waals surface area contributed by atoms with Crippen LogP contribution in [0.5, 0.6) is 0 Å². The molecule has 30 heavy (non-hydrogen) atoms. The Balaban J connectivity index is 1.47. The number of aromatic nitrogens is 1. The molecule has 2 N–H and O–H groups in total. The second-order valence-corrected chi connectivity index (χ2v) is 7.86. The topological polar surface area (TPSA) is 81.2 Å². The summed E-state index contributed by atoms with van der Waals surface area (Å²) < 4.78 is 5.39. The van der Waals surface area contributed by atoms with E-state index in [9.17, 15) is 10.1 Å². The van der Waals surface area contributed by atoms with Crippen LogP contribution in [-0.2, 0) is 11.3 Å². The SMILES string of the molecule is Cc1[nH]c2c(C#N)ccc(N3CCCC(NC(=O)OCc4ccccc4)C3)c2c1C. The summed E-state index contributed by atoms with van der Waals surface area (Å²) in [5, 5.41) is 13.6. The number of hydrogen-bond donors (Lipinski definition) is 2. The largest absolute Gasteiger partial charge is 0.445 e. The molecule has 0 bridgehead atoms. The smallest absolute Gasteiger partial charge is 0.407 e. The minimum Gasteiger partial charge on any atom is -0.445 e. The van der Waals surface area contributed by atoms with Crippen LogP contribution in [0, 0.1) is 25.2 Å². The van der Waals surface area contributed by atoms with Gasteiger partial charge < -0.3 is 19.9 Å². The van der Waals surface area contributed by atoms with E-state index in [1.54, 1.807) is 0 Å². The molecule has 2 heterocycles. The summed E-state index contributed by atoms with van der Waals surface area (Å²) in [6.45, 7) is 6.01. The number of piperidine rings is 1. The molecule has 154 valence electrons. The fraction of sp³-hybridized carbons (Fsp3) is 0.333. The lowest BCUT2D eigenvalue weighted by Crippen LogP contribution is -2.48. The lowest BCUT2D eigenvalue weighted by atomic mass is 10.0. The maximum absolute atomic E-state index is 12.3. The van der Waals surface area contributed by atoms with Gasteiger partial charge in [-0.1, -0.05) is 30.3 Å². The van der Waals surface area contributed by atoms with Crippen LogP contribution in [0.15, 0.2) is 42.5 Å². The van der Waals surface area contributed by atoms with Crippen molar-refractivity contribution >= 4 is 22.7 Å². The summed E-state index contributed by atoms with van der Waals surface area (Å²) in [7, 11) is 0. The third-order valence-electron chi connectivity index (χ3n) is 5.85. The maximum atomic E-state index is 12.3. The highest BCUT2D eigenvalue weighted by Crippen LogP contribution is 2.34. The second-order valence-electron chi connectivity index (χ2n) is 7.86. The third kappa shape index (κ3) is 3.97. The quantitative estimate of drug-likeness (QED) is 0.671. The van der Waals surface area contributed by atoms with Crippen LogP contribution < -0.4 is 10.2 Å². The molecule has 1 unspecified atom stereocenters. The molecule has 4 rings (SSSR count). The van der Waals surface area contributed by atoms with E-state index < -0.39 is 0 Å². The highest BCUT2D eigenvalue weighted by atomic mass is 16.5. The predicted molar refractivity (Wildman–Crippen MR) is 117 cm³/mol. The fourth-order valence-electron chi connectivity index (χ4n) is 4.17. The number of amides is 1. The molecule has 6 heteroatoms. The number of fused-ring (bicyclic) bond motifs is 1. The van der Waals surface area contributed by atoms with Crippen molar-refractivity contribution in [3.05, 3.63) is 64.8 Å². The summed E-state index contributed by atoms with van der Waals surface area (Å²) in [5.74, 6) is 0. The number of aromatic amines is 1. The molecule has 0 spiro atoms. The number of benzene rings is 2. The van der Waals surface area contributed by atoms with Crippen LogP contribution in [-0.4, -0.2) is 30.2 Å². The van der Waals surface area contributed by atoms with E-state index in [4.69, 9.17) is 4.74 Å². The Labute approximate surface area is 176 Å². The normalized spacial score (nSPS) is 16.3. The number of carbonyl (C=O) groups is 1. The highest BCUT2D eigenvalue weighted by Gasteiger charge is 2.25. The van der Waals surface area contributed by atoms with Crippen LogP contribution in [0.4, 0.5) is 10.5 Å². The molecule has 1 aromatic heterocycles. The zero-order valence-corrected chi connectivity index (χ0v) is 17.4. The van der Waals surface area contributed by atoms with Gasteiger partial charge in [0.05, 0.1) is 11.1 Å². The molecule has 3 aromatic rings. The van der Waals surface area contributed by atoms with Crippen molar-refractivity contribution in [1.29, 1.82) is 5.26 Å². The van der Waals surface area contributed by atoms with Gasteiger partial charge in [0, 0.05) is 35.9 Å². The number of carbonyl (C=O) groups excluding carboxylic acids is 1. The number of aryl methyl sites for hydroxylation is 2. The Morgan fingerprint density at radius 2 is 2.07 bits per heavy atom. The summed E-state index contributed by atoms with van der Waals surface area (Å²) >= 11 is 0.